The molecule has 0 aliphatic rings. The Balaban J connectivity index is 2.54. The van der Waals surface area contributed by atoms with Gasteiger partial charge in [0.05, 0.1) is 6.61 Å². The minimum absolute atomic E-state index is 0.254. The third-order valence-corrected chi connectivity index (χ3v) is 1.73. The predicted molar refractivity (Wildman–Crippen MR) is 55.1 cm³/mol. The van der Waals surface area contributed by atoms with Crippen molar-refractivity contribution in [3.63, 3.8) is 0 Å². The number of carbonyl (C=O) groups is 1. The second-order valence-corrected chi connectivity index (χ2v) is 3.00. The fraction of sp³-hybridized carbons (Fsp3) is 0.364. The summed E-state index contributed by atoms with van der Waals surface area (Å²) in [5.74, 6) is 0.716. The van der Waals surface area contributed by atoms with Gasteiger partial charge in [0.1, 0.15) is 11.5 Å². The van der Waals surface area contributed by atoms with Crippen LogP contribution in [0.1, 0.15) is 18.4 Å². The van der Waals surface area contributed by atoms with Crippen molar-refractivity contribution in [3.8, 4) is 0 Å². The molecule has 0 amide bonds. The summed E-state index contributed by atoms with van der Waals surface area (Å²) in [5.41, 5.74) is 0. The fourth-order valence-corrected chi connectivity index (χ4v) is 1.04. The number of esters is 1. The van der Waals surface area contributed by atoms with Crippen LogP contribution in [-0.2, 0) is 9.53 Å². The van der Waals surface area contributed by atoms with E-state index in [-0.39, 0.29) is 6.61 Å². The van der Waals surface area contributed by atoms with Gasteiger partial charge < -0.3 is 14.3 Å². The van der Waals surface area contributed by atoms with Crippen molar-refractivity contribution < 1.29 is 19.1 Å². The monoisotopic (exact) mass is 210 g/mol. The number of hydrogen-bond acceptors (Lipinski definition) is 4. The number of ether oxygens (including phenoxy) is 1. The van der Waals surface area contributed by atoms with Gasteiger partial charge in [0.2, 0.25) is 0 Å². The van der Waals surface area contributed by atoms with Gasteiger partial charge in [0.15, 0.2) is 6.10 Å². The van der Waals surface area contributed by atoms with Crippen LogP contribution >= 0.6 is 0 Å². The lowest BCUT2D eigenvalue weighted by Gasteiger charge is -2.03. The van der Waals surface area contributed by atoms with E-state index in [0.29, 0.717) is 5.76 Å². The molecule has 15 heavy (non-hydrogen) atoms. The average Bonchev–Trinajstić information content (AvgIpc) is 2.61. The van der Waals surface area contributed by atoms with E-state index in [1.807, 2.05) is 6.92 Å². The van der Waals surface area contributed by atoms with E-state index >= 15 is 0 Å². The summed E-state index contributed by atoms with van der Waals surface area (Å²) in [6.45, 7) is 3.76. The molecule has 4 nitrogen and oxygen atoms in total. The number of aryl methyl sites for hydroxylation is 1. The summed E-state index contributed by atoms with van der Waals surface area (Å²) >= 11 is 0. The van der Waals surface area contributed by atoms with E-state index in [1.165, 1.54) is 12.2 Å². The maximum absolute atomic E-state index is 11.0. The highest BCUT2D eigenvalue weighted by Gasteiger charge is 2.11. The van der Waals surface area contributed by atoms with Crippen molar-refractivity contribution in [1.29, 1.82) is 0 Å². The Labute approximate surface area is 88.2 Å². The molecule has 1 heterocycles. The van der Waals surface area contributed by atoms with Crippen molar-refractivity contribution in [2.75, 3.05) is 6.61 Å². The summed E-state index contributed by atoms with van der Waals surface area (Å²) in [6, 6.07) is 3.56. The Morgan fingerprint density at radius 3 is 2.93 bits per heavy atom. The number of rotatable bonds is 4. The molecule has 4 heteroatoms. The summed E-state index contributed by atoms with van der Waals surface area (Å²) in [5, 5.41) is 9.31. The Bertz CT molecular complexity index is 351. The highest BCUT2D eigenvalue weighted by atomic mass is 16.5. The first kappa shape index (κ1) is 11.5. The molecule has 0 spiro atoms. The van der Waals surface area contributed by atoms with Crippen LogP contribution < -0.4 is 0 Å². The zero-order valence-corrected chi connectivity index (χ0v) is 8.77. The zero-order valence-electron chi connectivity index (χ0n) is 8.77. The van der Waals surface area contributed by atoms with Crippen LogP contribution in [0.4, 0.5) is 0 Å². The van der Waals surface area contributed by atoms with Crippen molar-refractivity contribution in [2.45, 2.75) is 20.0 Å². The molecule has 1 aromatic heterocycles. The number of hydrogen-bond donors (Lipinski definition) is 1. The lowest BCUT2D eigenvalue weighted by Crippen LogP contribution is -2.20. The Morgan fingerprint density at radius 2 is 2.40 bits per heavy atom. The molecule has 0 saturated carbocycles. The van der Waals surface area contributed by atoms with Gasteiger partial charge >= 0.3 is 5.97 Å². The highest BCUT2D eigenvalue weighted by molar-refractivity contribution is 5.77. The van der Waals surface area contributed by atoms with Gasteiger partial charge in [-0.2, -0.15) is 0 Å². The van der Waals surface area contributed by atoms with Crippen molar-refractivity contribution in [2.24, 2.45) is 0 Å². The number of furan rings is 1. The van der Waals surface area contributed by atoms with Crippen LogP contribution in [0.2, 0.25) is 0 Å². The first-order chi connectivity index (χ1) is 7.13. The Morgan fingerprint density at radius 1 is 1.67 bits per heavy atom. The largest absolute Gasteiger partial charge is 0.464 e. The van der Waals surface area contributed by atoms with Gasteiger partial charge in [-0.05, 0) is 38.1 Å². The smallest absolute Gasteiger partial charge is 0.339 e. The molecule has 1 rings (SSSR count). The van der Waals surface area contributed by atoms with E-state index in [0.717, 1.165) is 5.76 Å². The van der Waals surface area contributed by atoms with Crippen LogP contribution in [0.3, 0.4) is 0 Å². The van der Waals surface area contributed by atoms with Gasteiger partial charge in [0.25, 0.3) is 0 Å². The number of carbonyl (C=O) groups excluding carboxylic acids is 1. The first-order valence-electron chi connectivity index (χ1n) is 4.73. The molecule has 82 valence electrons. The first-order valence-corrected chi connectivity index (χ1v) is 4.73. The third-order valence-electron chi connectivity index (χ3n) is 1.73. The van der Waals surface area contributed by atoms with E-state index < -0.39 is 12.1 Å². The molecular weight excluding hydrogens is 196 g/mol. The molecule has 1 aromatic rings. The predicted octanol–water partition coefficient (Wildman–Crippen LogP) is 1.53. The van der Waals surface area contributed by atoms with Crippen molar-refractivity contribution in [3.05, 3.63) is 29.7 Å². The van der Waals surface area contributed by atoms with E-state index in [4.69, 9.17) is 4.42 Å². The summed E-state index contributed by atoms with van der Waals surface area (Å²) in [7, 11) is 0. The highest BCUT2D eigenvalue weighted by Crippen LogP contribution is 2.08. The van der Waals surface area contributed by atoms with Crippen LogP contribution in [-0.4, -0.2) is 23.8 Å². The van der Waals surface area contributed by atoms with Crippen LogP contribution in [0, 0.1) is 6.92 Å². The maximum Gasteiger partial charge on any atom is 0.339 e. The molecule has 0 radical (unpaired) electrons. The maximum atomic E-state index is 11.0. The molecule has 0 bridgehead atoms. The zero-order chi connectivity index (χ0) is 11.3. The molecule has 0 fully saturated rings. The SMILES string of the molecule is CCOC(=O)C(O)/C=C/c1ccc(C)o1. The topological polar surface area (TPSA) is 59.7 Å². The number of aliphatic hydroxyl groups is 1. The van der Waals surface area contributed by atoms with E-state index in [9.17, 15) is 9.90 Å². The average molecular weight is 210 g/mol. The standard InChI is InChI=1S/C11H14O4/c1-3-14-11(13)10(12)7-6-9-5-4-8(2)15-9/h4-7,10,12H,3H2,1-2H3/b7-6+. The summed E-state index contributed by atoms with van der Waals surface area (Å²) in [6.07, 6.45) is 1.63. The lowest BCUT2D eigenvalue weighted by atomic mass is 10.3. The minimum atomic E-state index is -1.24. The van der Waals surface area contributed by atoms with Crippen LogP contribution in [0.25, 0.3) is 6.08 Å². The van der Waals surface area contributed by atoms with Crippen molar-refractivity contribution in [1.82, 2.24) is 0 Å². The number of aliphatic hydroxyl groups excluding tert-OH is 1. The minimum Gasteiger partial charge on any atom is -0.464 e. The van der Waals surface area contributed by atoms with Gasteiger partial charge in [0, 0.05) is 0 Å². The second kappa shape index (κ2) is 5.36. The van der Waals surface area contributed by atoms with Crippen LogP contribution in [0.15, 0.2) is 22.6 Å². The molecule has 0 aliphatic heterocycles. The molecule has 0 saturated heterocycles. The van der Waals surface area contributed by atoms with Crippen molar-refractivity contribution >= 4 is 12.0 Å². The molecular formula is C11H14O4. The second-order valence-electron chi connectivity index (χ2n) is 3.00. The van der Waals surface area contributed by atoms with E-state index in [2.05, 4.69) is 4.74 Å². The van der Waals surface area contributed by atoms with Gasteiger partial charge in [-0.3, -0.25) is 0 Å². The lowest BCUT2D eigenvalue weighted by molar-refractivity contribution is -0.150. The molecule has 1 atom stereocenters. The molecule has 1 unspecified atom stereocenters. The molecule has 1 N–H and O–H groups in total. The van der Waals surface area contributed by atoms with Crippen LogP contribution in [0.5, 0.6) is 0 Å². The van der Waals surface area contributed by atoms with Gasteiger partial charge in [-0.1, -0.05) is 0 Å². The molecule has 0 aromatic carbocycles. The normalized spacial score (nSPS) is 13.0. The van der Waals surface area contributed by atoms with Gasteiger partial charge in [-0.15, -0.1) is 0 Å². The van der Waals surface area contributed by atoms with Gasteiger partial charge in [-0.25, -0.2) is 4.79 Å². The quantitative estimate of drug-likeness (QED) is 0.765. The van der Waals surface area contributed by atoms with E-state index in [1.54, 1.807) is 19.1 Å². The fourth-order valence-electron chi connectivity index (χ4n) is 1.04. The summed E-state index contributed by atoms with van der Waals surface area (Å²) in [4.78, 5) is 11.0. The Hall–Kier alpha value is -1.55. The Kier molecular flexibility index (Phi) is 4.12. The third kappa shape index (κ3) is 3.59. The summed E-state index contributed by atoms with van der Waals surface area (Å²) < 4.78 is 9.85. The molecule has 0 aliphatic carbocycles.